The molecule has 19 heavy (non-hydrogen) atoms. The van der Waals surface area contributed by atoms with Crippen molar-refractivity contribution in [2.24, 2.45) is 5.92 Å². The molecule has 1 N–H and O–H groups in total. The average molecular weight is 275 g/mol. The molecule has 0 spiro atoms. The van der Waals surface area contributed by atoms with E-state index < -0.39 is 0 Å². The molecule has 2 aromatic rings. The first-order chi connectivity index (χ1) is 9.15. The number of aromatic amines is 1. The Labute approximate surface area is 119 Å². The second kappa shape index (κ2) is 5.10. The molecule has 1 atom stereocenters. The van der Waals surface area contributed by atoms with Crippen LogP contribution in [0.5, 0.6) is 0 Å². The normalized spacial score (nSPS) is 21.1. The summed E-state index contributed by atoms with van der Waals surface area (Å²) < 4.78 is 3.15. The summed E-state index contributed by atoms with van der Waals surface area (Å²) in [5.41, 5.74) is 3.74. The number of benzene rings is 1. The van der Waals surface area contributed by atoms with Gasteiger partial charge in [-0.05, 0) is 63.1 Å². The number of piperidine rings is 1. The third-order valence-electron chi connectivity index (χ3n) is 4.16. The molecule has 1 aromatic carbocycles. The Balaban J connectivity index is 1.96. The molecule has 0 saturated carbocycles. The maximum absolute atomic E-state index is 5.50. The number of H-pyrrole nitrogens is 1. The molecule has 102 valence electrons. The second-order valence-corrected chi connectivity index (χ2v) is 6.17. The van der Waals surface area contributed by atoms with Gasteiger partial charge in [-0.15, -0.1) is 0 Å². The Kier molecular flexibility index (Phi) is 3.46. The quantitative estimate of drug-likeness (QED) is 0.850. The van der Waals surface area contributed by atoms with Crippen molar-refractivity contribution in [2.75, 3.05) is 20.1 Å². The van der Waals surface area contributed by atoms with Crippen molar-refractivity contribution in [3.63, 3.8) is 0 Å². The van der Waals surface area contributed by atoms with Gasteiger partial charge >= 0.3 is 0 Å². The third kappa shape index (κ3) is 2.47. The highest BCUT2D eigenvalue weighted by atomic mass is 32.1. The third-order valence-corrected chi connectivity index (χ3v) is 4.48. The molecule has 1 unspecified atom stereocenters. The van der Waals surface area contributed by atoms with Gasteiger partial charge in [0.15, 0.2) is 4.77 Å². The molecule has 1 aliphatic heterocycles. The summed E-state index contributed by atoms with van der Waals surface area (Å²) in [6.45, 7) is 5.61. The lowest BCUT2D eigenvalue weighted by Gasteiger charge is -2.30. The number of hydrogen-bond acceptors (Lipinski definition) is 2. The number of likely N-dealkylation sites (tertiary alicyclic amines) is 1. The van der Waals surface area contributed by atoms with Gasteiger partial charge in [-0.3, -0.25) is 0 Å². The minimum atomic E-state index is 0.712. The Hall–Kier alpha value is -1.13. The SMILES string of the molecule is Cc1cccc2[nH]c(=S)n(CC3CCCN(C)C3)c12. The standard InChI is InChI=1S/C15H21N3S/c1-11-5-3-7-13-14(11)18(15(19)16-13)10-12-6-4-8-17(2)9-12/h3,5,7,12H,4,6,8-10H2,1-2H3,(H,16,19). The minimum absolute atomic E-state index is 0.712. The molecule has 1 aromatic heterocycles. The van der Waals surface area contributed by atoms with Gasteiger partial charge in [0, 0.05) is 13.1 Å². The van der Waals surface area contributed by atoms with Crippen molar-refractivity contribution in [2.45, 2.75) is 26.3 Å². The van der Waals surface area contributed by atoms with Gasteiger partial charge in [0.05, 0.1) is 11.0 Å². The topological polar surface area (TPSA) is 24.0 Å². The van der Waals surface area contributed by atoms with Crippen molar-refractivity contribution >= 4 is 23.3 Å². The number of fused-ring (bicyclic) bond motifs is 1. The molecule has 0 bridgehead atoms. The van der Waals surface area contributed by atoms with Crippen LogP contribution in [0.3, 0.4) is 0 Å². The summed E-state index contributed by atoms with van der Waals surface area (Å²) in [6, 6.07) is 6.36. The molecular weight excluding hydrogens is 254 g/mol. The number of imidazole rings is 1. The Morgan fingerprint density at radius 3 is 3.05 bits per heavy atom. The molecule has 1 aliphatic rings. The number of aryl methyl sites for hydroxylation is 1. The summed E-state index contributed by atoms with van der Waals surface area (Å²) in [5.74, 6) is 0.712. The van der Waals surface area contributed by atoms with Crippen LogP contribution in [0.1, 0.15) is 18.4 Å². The first-order valence-corrected chi connectivity index (χ1v) is 7.42. The Bertz CT molecular complexity index is 640. The molecule has 2 heterocycles. The first kappa shape index (κ1) is 12.9. The number of para-hydroxylation sites is 1. The summed E-state index contributed by atoms with van der Waals surface area (Å²) >= 11 is 5.50. The number of nitrogens with one attached hydrogen (secondary N) is 1. The lowest BCUT2D eigenvalue weighted by atomic mass is 9.98. The summed E-state index contributed by atoms with van der Waals surface area (Å²) in [4.78, 5) is 5.76. The van der Waals surface area contributed by atoms with Crippen molar-refractivity contribution < 1.29 is 0 Å². The zero-order chi connectivity index (χ0) is 13.4. The maximum atomic E-state index is 5.50. The van der Waals surface area contributed by atoms with Crippen LogP contribution >= 0.6 is 12.2 Å². The van der Waals surface area contributed by atoms with Crippen LogP contribution < -0.4 is 0 Å². The monoisotopic (exact) mass is 275 g/mol. The van der Waals surface area contributed by atoms with Gasteiger partial charge < -0.3 is 14.5 Å². The van der Waals surface area contributed by atoms with Crippen molar-refractivity contribution in [1.29, 1.82) is 0 Å². The molecule has 3 rings (SSSR count). The Morgan fingerprint density at radius 2 is 2.26 bits per heavy atom. The van der Waals surface area contributed by atoms with E-state index in [0.29, 0.717) is 5.92 Å². The van der Waals surface area contributed by atoms with Gasteiger partial charge in [0.25, 0.3) is 0 Å². The van der Waals surface area contributed by atoms with Gasteiger partial charge in [0.1, 0.15) is 0 Å². The van der Waals surface area contributed by atoms with Crippen LogP contribution in [0.15, 0.2) is 18.2 Å². The molecular formula is C15H21N3S. The number of nitrogens with zero attached hydrogens (tertiary/aromatic N) is 2. The highest BCUT2D eigenvalue weighted by Gasteiger charge is 2.19. The number of aromatic nitrogens is 2. The molecule has 4 heteroatoms. The summed E-state index contributed by atoms with van der Waals surface area (Å²) in [6.07, 6.45) is 2.61. The zero-order valence-electron chi connectivity index (χ0n) is 11.6. The fraction of sp³-hybridized carbons (Fsp3) is 0.533. The molecule has 0 radical (unpaired) electrons. The van der Waals surface area contributed by atoms with E-state index >= 15 is 0 Å². The second-order valence-electron chi connectivity index (χ2n) is 5.78. The van der Waals surface area contributed by atoms with E-state index in [4.69, 9.17) is 12.2 Å². The number of hydrogen-bond donors (Lipinski definition) is 1. The van der Waals surface area contributed by atoms with E-state index in [-0.39, 0.29) is 0 Å². The Morgan fingerprint density at radius 1 is 1.42 bits per heavy atom. The fourth-order valence-electron chi connectivity index (χ4n) is 3.26. The van der Waals surface area contributed by atoms with Crippen LogP contribution in [-0.2, 0) is 6.54 Å². The highest BCUT2D eigenvalue weighted by molar-refractivity contribution is 7.71. The molecule has 1 saturated heterocycles. The van der Waals surface area contributed by atoms with Crippen LogP contribution in [0.2, 0.25) is 0 Å². The average Bonchev–Trinajstić information content (AvgIpc) is 2.67. The van der Waals surface area contributed by atoms with Crippen LogP contribution in [0, 0.1) is 17.6 Å². The summed E-state index contributed by atoms with van der Waals surface area (Å²) in [5, 5.41) is 0. The van der Waals surface area contributed by atoms with Crippen LogP contribution in [-0.4, -0.2) is 34.6 Å². The zero-order valence-corrected chi connectivity index (χ0v) is 12.5. The van der Waals surface area contributed by atoms with E-state index in [1.54, 1.807) is 0 Å². The van der Waals surface area contributed by atoms with E-state index in [9.17, 15) is 0 Å². The van der Waals surface area contributed by atoms with E-state index in [0.717, 1.165) is 16.8 Å². The van der Waals surface area contributed by atoms with Crippen molar-refractivity contribution in [1.82, 2.24) is 14.5 Å². The van der Waals surface area contributed by atoms with Gasteiger partial charge in [-0.25, -0.2) is 0 Å². The van der Waals surface area contributed by atoms with E-state index in [1.165, 1.54) is 37.0 Å². The number of rotatable bonds is 2. The fourth-order valence-corrected chi connectivity index (χ4v) is 3.53. The van der Waals surface area contributed by atoms with Crippen molar-refractivity contribution in [3.05, 3.63) is 28.5 Å². The predicted molar refractivity (Wildman–Crippen MR) is 82.1 cm³/mol. The lowest BCUT2D eigenvalue weighted by molar-refractivity contribution is 0.195. The van der Waals surface area contributed by atoms with Gasteiger partial charge in [0.2, 0.25) is 0 Å². The smallest absolute Gasteiger partial charge is 0.178 e. The highest BCUT2D eigenvalue weighted by Crippen LogP contribution is 2.23. The van der Waals surface area contributed by atoms with Gasteiger partial charge in [-0.1, -0.05) is 12.1 Å². The summed E-state index contributed by atoms with van der Waals surface area (Å²) in [7, 11) is 2.21. The maximum Gasteiger partial charge on any atom is 0.178 e. The molecule has 3 nitrogen and oxygen atoms in total. The first-order valence-electron chi connectivity index (χ1n) is 7.02. The molecule has 0 amide bonds. The van der Waals surface area contributed by atoms with Crippen LogP contribution in [0.4, 0.5) is 0 Å². The minimum Gasteiger partial charge on any atom is -0.331 e. The van der Waals surface area contributed by atoms with Crippen LogP contribution in [0.25, 0.3) is 11.0 Å². The largest absolute Gasteiger partial charge is 0.331 e. The van der Waals surface area contributed by atoms with Gasteiger partial charge in [-0.2, -0.15) is 0 Å². The van der Waals surface area contributed by atoms with E-state index in [2.05, 4.69) is 46.6 Å². The predicted octanol–water partition coefficient (Wildman–Crippen LogP) is 3.35. The van der Waals surface area contributed by atoms with E-state index in [1.807, 2.05) is 0 Å². The molecule has 1 fully saturated rings. The van der Waals surface area contributed by atoms with Crippen molar-refractivity contribution in [3.8, 4) is 0 Å². The molecule has 0 aliphatic carbocycles. The lowest BCUT2D eigenvalue weighted by Crippen LogP contribution is -2.34.